The van der Waals surface area contributed by atoms with Gasteiger partial charge in [-0.3, -0.25) is 0 Å². The monoisotopic (exact) mass is 250 g/mol. The van der Waals surface area contributed by atoms with E-state index in [9.17, 15) is 0 Å². The van der Waals surface area contributed by atoms with E-state index >= 15 is 0 Å². The zero-order chi connectivity index (χ0) is 11.5. The molecule has 1 unspecified atom stereocenters. The van der Waals surface area contributed by atoms with Crippen LogP contribution in [0.25, 0.3) is 0 Å². The molecule has 2 rings (SSSR count). The fourth-order valence-electron chi connectivity index (χ4n) is 1.78. The molecule has 0 fully saturated rings. The van der Waals surface area contributed by atoms with Crippen LogP contribution in [0.3, 0.4) is 0 Å². The second-order valence-electron chi connectivity index (χ2n) is 3.78. The molecule has 0 aliphatic heterocycles. The Hall–Kier alpha value is -0.980. The highest BCUT2D eigenvalue weighted by Gasteiger charge is 2.13. The predicted molar refractivity (Wildman–Crippen MR) is 70.4 cm³/mol. The summed E-state index contributed by atoms with van der Waals surface area (Å²) in [5.41, 5.74) is 2.31. The summed E-state index contributed by atoms with van der Waals surface area (Å²) in [6.07, 6.45) is 0. The van der Waals surface area contributed by atoms with Gasteiger partial charge in [0, 0.05) is 5.92 Å². The first-order valence-corrected chi connectivity index (χ1v) is 5.94. The van der Waals surface area contributed by atoms with Gasteiger partial charge in [-0.25, -0.2) is 0 Å². The van der Waals surface area contributed by atoms with Crippen LogP contribution >= 0.6 is 23.2 Å². The summed E-state index contributed by atoms with van der Waals surface area (Å²) in [4.78, 5) is 0. The van der Waals surface area contributed by atoms with E-state index in [0.29, 0.717) is 10.0 Å². The molecule has 0 heterocycles. The van der Waals surface area contributed by atoms with Gasteiger partial charge in [0.1, 0.15) is 0 Å². The standard InChI is InChI=1S/C14H12Cl2/c1-10(11-6-3-2-4-7-11)12-8-5-9-13(15)14(12)16/h2-10H,1H3. The van der Waals surface area contributed by atoms with Gasteiger partial charge in [-0.15, -0.1) is 0 Å². The summed E-state index contributed by atoms with van der Waals surface area (Å²) >= 11 is 12.2. The normalized spacial score (nSPS) is 12.4. The molecular weight excluding hydrogens is 239 g/mol. The van der Waals surface area contributed by atoms with Crippen LogP contribution in [0.5, 0.6) is 0 Å². The van der Waals surface area contributed by atoms with Crippen LogP contribution in [0.4, 0.5) is 0 Å². The van der Waals surface area contributed by atoms with Crippen LogP contribution in [0.1, 0.15) is 24.0 Å². The minimum absolute atomic E-state index is 0.257. The number of hydrogen-bond donors (Lipinski definition) is 0. The van der Waals surface area contributed by atoms with Crippen molar-refractivity contribution in [3.05, 3.63) is 69.7 Å². The average molecular weight is 251 g/mol. The Morgan fingerprint density at radius 2 is 1.56 bits per heavy atom. The Labute approximate surface area is 106 Å². The van der Waals surface area contributed by atoms with E-state index in [4.69, 9.17) is 23.2 Å². The van der Waals surface area contributed by atoms with E-state index in [1.165, 1.54) is 5.56 Å². The van der Waals surface area contributed by atoms with Crippen molar-refractivity contribution in [3.8, 4) is 0 Å². The number of rotatable bonds is 2. The molecule has 2 aromatic carbocycles. The van der Waals surface area contributed by atoms with Gasteiger partial charge in [0.25, 0.3) is 0 Å². The van der Waals surface area contributed by atoms with Crippen molar-refractivity contribution in [2.24, 2.45) is 0 Å². The summed E-state index contributed by atoms with van der Waals surface area (Å²) in [6, 6.07) is 16.0. The van der Waals surface area contributed by atoms with Crippen LogP contribution in [-0.4, -0.2) is 0 Å². The molecule has 0 aliphatic rings. The average Bonchev–Trinajstić information content (AvgIpc) is 2.33. The number of hydrogen-bond acceptors (Lipinski definition) is 0. The van der Waals surface area contributed by atoms with Crippen molar-refractivity contribution in [1.29, 1.82) is 0 Å². The van der Waals surface area contributed by atoms with Gasteiger partial charge in [-0.2, -0.15) is 0 Å². The molecule has 1 atom stereocenters. The molecular formula is C14H12Cl2. The molecule has 0 saturated carbocycles. The van der Waals surface area contributed by atoms with E-state index in [-0.39, 0.29) is 5.92 Å². The third kappa shape index (κ3) is 2.23. The van der Waals surface area contributed by atoms with Crippen LogP contribution in [-0.2, 0) is 0 Å². The third-order valence-electron chi connectivity index (χ3n) is 2.75. The van der Waals surface area contributed by atoms with Gasteiger partial charge in [0.05, 0.1) is 10.0 Å². The zero-order valence-electron chi connectivity index (χ0n) is 8.95. The maximum absolute atomic E-state index is 6.21. The van der Waals surface area contributed by atoms with Gasteiger partial charge >= 0.3 is 0 Å². The van der Waals surface area contributed by atoms with E-state index in [1.807, 2.05) is 36.4 Å². The van der Waals surface area contributed by atoms with Crippen molar-refractivity contribution < 1.29 is 0 Å². The highest BCUT2D eigenvalue weighted by Crippen LogP contribution is 2.33. The smallest absolute Gasteiger partial charge is 0.0630 e. The Bertz CT molecular complexity index is 477. The summed E-state index contributed by atoms with van der Waals surface area (Å²) < 4.78 is 0. The Kier molecular flexibility index (Phi) is 3.52. The fourth-order valence-corrected chi connectivity index (χ4v) is 2.25. The second kappa shape index (κ2) is 4.90. The van der Waals surface area contributed by atoms with Crippen LogP contribution in [0.2, 0.25) is 10.0 Å². The van der Waals surface area contributed by atoms with Crippen molar-refractivity contribution in [3.63, 3.8) is 0 Å². The first kappa shape index (κ1) is 11.5. The molecule has 0 spiro atoms. The largest absolute Gasteiger partial charge is 0.0827 e. The number of benzene rings is 2. The van der Waals surface area contributed by atoms with Gasteiger partial charge in [-0.05, 0) is 17.2 Å². The van der Waals surface area contributed by atoms with E-state index < -0.39 is 0 Å². The summed E-state index contributed by atoms with van der Waals surface area (Å²) in [5, 5.41) is 1.27. The quantitative estimate of drug-likeness (QED) is 0.692. The lowest BCUT2D eigenvalue weighted by Gasteiger charge is -2.14. The first-order valence-electron chi connectivity index (χ1n) is 5.19. The molecule has 0 radical (unpaired) electrons. The maximum Gasteiger partial charge on any atom is 0.0630 e. The SMILES string of the molecule is CC(c1ccccc1)c1cccc(Cl)c1Cl. The first-order chi connectivity index (χ1) is 7.70. The van der Waals surface area contributed by atoms with Crippen molar-refractivity contribution in [2.45, 2.75) is 12.8 Å². The van der Waals surface area contributed by atoms with Crippen molar-refractivity contribution in [2.75, 3.05) is 0 Å². The molecule has 2 aromatic rings. The number of halogens is 2. The minimum Gasteiger partial charge on any atom is -0.0827 e. The predicted octanol–water partition coefficient (Wildman–Crippen LogP) is 5.15. The van der Waals surface area contributed by atoms with Crippen LogP contribution in [0.15, 0.2) is 48.5 Å². The second-order valence-corrected chi connectivity index (χ2v) is 4.56. The van der Waals surface area contributed by atoms with Crippen molar-refractivity contribution in [1.82, 2.24) is 0 Å². The fraction of sp³-hybridized carbons (Fsp3) is 0.143. The third-order valence-corrected chi connectivity index (χ3v) is 3.58. The highest BCUT2D eigenvalue weighted by molar-refractivity contribution is 6.42. The lowest BCUT2D eigenvalue weighted by atomic mass is 9.93. The summed E-state index contributed by atoms with van der Waals surface area (Å²) in [6.45, 7) is 2.13. The minimum atomic E-state index is 0.257. The highest BCUT2D eigenvalue weighted by atomic mass is 35.5. The zero-order valence-corrected chi connectivity index (χ0v) is 10.5. The molecule has 0 bridgehead atoms. The Morgan fingerprint density at radius 1 is 0.875 bits per heavy atom. The van der Waals surface area contributed by atoms with Gasteiger partial charge < -0.3 is 0 Å². The molecule has 82 valence electrons. The lowest BCUT2D eigenvalue weighted by Crippen LogP contribution is -1.96. The molecule has 2 heteroatoms. The van der Waals surface area contributed by atoms with Gasteiger partial charge in [-0.1, -0.05) is 72.6 Å². The van der Waals surface area contributed by atoms with Crippen molar-refractivity contribution >= 4 is 23.2 Å². The molecule has 16 heavy (non-hydrogen) atoms. The molecule has 0 saturated heterocycles. The molecule has 0 aromatic heterocycles. The molecule has 0 nitrogen and oxygen atoms in total. The molecule has 0 amide bonds. The molecule has 0 N–H and O–H groups in total. The van der Waals surface area contributed by atoms with E-state index in [2.05, 4.69) is 19.1 Å². The topological polar surface area (TPSA) is 0 Å². The summed E-state index contributed by atoms with van der Waals surface area (Å²) in [7, 11) is 0. The van der Waals surface area contributed by atoms with Gasteiger partial charge in [0.15, 0.2) is 0 Å². The Morgan fingerprint density at radius 3 is 2.25 bits per heavy atom. The Balaban J connectivity index is 2.42. The lowest BCUT2D eigenvalue weighted by molar-refractivity contribution is 0.923. The maximum atomic E-state index is 6.21. The van der Waals surface area contributed by atoms with Crippen LogP contribution < -0.4 is 0 Å². The summed E-state index contributed by atoms with van der Waals surface area (Å²) in [5.74, 6) is 0.257. The van der Waals surface area contributed by atoms with Crippen LogP contribution in [0, 0.1) is 0 Å². The van der Waals surface area contributed by atoms with Gasteiger partial charge in [0.2, 0.25) is 0 Å². The van der Waals surface area contributed by atoms with E-state index in [0.717, 1.165) is 5.56 Å². The molecule has 0 aliphatic carbocycles. The van der Waals surface area contributed by atoms with E-state index in [1.54, 1.807) is 0 Å².